The molecule has 0 saturated carbocycles. The molecule has 0 aliphatic heterocycles. The Labute approximate surface area is 116 Å². The average molecular weight is 273 g/mol. The number of aromatic nitrogens is 3. The number of H-pyrrole nitrogens is 1. The Balaban J connectivity index is 2.16. The third-order valence-corrected chi connectivity index (χ3v) is 2.84. The molecule has 1 aromatic carbocycles. The van der Waals surface area contributed by atoms with Crippen molar-refractivity contribution in [3.8, 4) is 0 Å². The van der Waals surface area contributed by atoms with Crippen molar-refractivity contribution in [2.24, 2.45) is 0 Å². The maximum Gasteiger partial charge on any atom is 0.292 e. The predicted octanol–water partition coefficient (Wildman–Crippen LogP) is 1.04. The van der Waals surface area contributed by atoms with Gasteiger partial charge in [-0.2, -0.15) is 5.10 Å². The molecule has 0 saturated heterocycles. The highest BCUT2D eigenvalue weighted by atomic mass is 16.2. The van der Waals surface area contributed by atoms with Gasteiger partial charge in [0.2, 0.25) is 11.7 Å². The molecule has 2 amide bonds. The fraction of sp³-hybridized carbons (Fsp3) is 0.231. The van der Waals surface area contributed by atoms with Gasteiger partial charge in [-0.05, 0) is 11.6 Å². The van der Waals surface area contributed by atoms with E-state index >= 15 is 0 Å². The SMILES string of the molecule is CC(=O)N(C)Cc1ccccc1NC(=O)c1ncn[nH]1. The number of carbonyl (C=O) groups excluding carboxylic acids is 2. The van der Waals surface area contributed by atoms with E-state index in [0.717, 1.165) is 5.56 Å². The topological polar surface area (TPSA) is 91.0 Å². The average Bonchev–Trinajstić information content (AvgIpc) is 2.94. The number of nitrogens with zero attached hydrogens (tertiary/aromatic N) is 3. The van der Waals surface area contributed by atoms with Gasteiger partial charge in [-0.15, -0.1) is 0 Å². The number of rotatable bonds is 4. The van der Waals surface area contributed by atoms with Crippen LogP contribution < -0.4 is 5.32 Å². The molecule has 1 aromatic heterocycles. The zero-order chi connectivity index (χ0) is 14.5. The summed E-state index contributed by atoms with van der Waals surface area (Å²) in [6.45, 7) is 1.91. The van der Waals surface area contributed by atoms with Crippen LogP contribution in [0.15, 0.2) is 30.6 Å². The number of aromatic amines is 1. The number of nitrogens with one attached hydrogen (secondary N) is 2. The molecule has 2 aromatic rings. The Morgan fingerprint density at radius 3 is 2.75 bits per heavy atom. The lowest BCUT2D eigenvalue weighted by Crippen LogP contribution is -2.24. The summed E-state index contributed by atoms with van der Waals surface area (Å²) < 4.78 is 0. The molecule has 0 atom stereocenters. The highest BCUT2D eigenvalue weighted by molar-refractivity contribution is 6.01. The van der Waals surface area contributed by atoms with Crippen molar-refractivity contribution in [1.29, 1.82) is 0 Å². The van der Waals surface area contributed by atoms with E-state index in [2.05, 4.69) is 20.5 Å². The van der Waals surface area contributed by atoms with Crippen molar-refractivity contribution in [2.75, 3.05) is 12.4 Å². The summed E-state index contributed by atoms with van der Waals surface area (Å²) in [5.41, 5.74) is 1.49. The molecule has 7 nitrogen and oxygen atoms in total. The third kappa shape index (κ3) is 3.19. The summed E-state index contributed by atoms with van der Waals surface area (Å²) in [6, 6.07) is 7.30. The van der Waals surface area contributed by atoms with Crippen LogP contribution >= 0.6 is 0 Å². The Bertz CT molecular complexity index is 609. The quantitative estimate of drug-likeness (QED) is 0.870. The van der Waals surface area contributed by atoms with Crippen LogP contribution in [0.2, 0.25) is 0 Å². The van der Waals surface area contributed by atoms with Gasteiger partial charge in [0.05, 0.1) is 0 Å². The zero-order valence-electron chi connectivity index (χ0n) is 11.3. The molecular weight excluding hydrogens is 258 g/mol. The van der Waals surface area contributed by atoms with E-state index in [0.29, 0.717) is 12.2 Å². The molecule has 0 spiro atoms. The van der Waals surface area contributed by atoms with E-state index in [-0.39, 0.29) is 17.6 Å². The lowest BCUT2D eigenvalue weighted by molar-refractivity contribution is -0.128. The van der Waals surface area contributed by atoms with Crippen LogP contribution in [0.1, 0.15) is 23.1 Å². The summed E-state index contributed by atoms with van der Waals surface area (Å²) in [5.74, 6) is -0.276. The molecule has 2 N–H and O–H groups in total. The first-order valence-corrected chi connectivity index (χ1v) is 6.04. The maximum atomic E-state index is 11.9. The number of para-hydroxylation sites is 1. The Hall–Kier alpha value is -2.70. The van der Waals surface area contributed by atoms with Crippen LogP contribution in [0.5, 0.6) is 0 Å². The molecule has 0 unspecified atom stereocenters. The van der Waals surface area contributed by atoms with Crippen molar-refractivity contribution in [2.45, 2.75) is 13.5 Å². The first kappa shape index (κ1) is 13.7. The summed E-state index contributed by atoms with van der Waals surface area (Å²) >= 11 is 0. The first-order chi connectivity index (χ1) is 9.58. The predicted molar refractivity (Wildman–Crippen MR) is 72.9 cm³/mol. The van der Waals surface area contributed by atoms with Crippen molar-refractivity contribution >= 4 is 17.5 Å². The van der Waals surface area contributed by atoms with Gasteiger partial charge in [-0.3, -0.25) is 14.7 Å². The number of amides is 2. The van der Waals surface area contributed by atoms with Crippen molar-refractivity contribution in [1.82, 2.24) is 20.1 Å². The number of hydrogen-bond acceptors (Lipinski definition) is 4. The first-order valence-electron chi connectivity index (χ1n) is 6.04. The Morgan fingerprint density at radius 2 is 2.10 bits per heavy atom. The van der Waals surface area contributed by atoms with Crippen LogP contribution in [0.25, 0.3) is 0 Å². The van der Waals surface area contributed by atoms with Crippen LogP contribution in [-0.2, 0) is 11.3 Å². The van der Waals surface area contributed by atoms with Crippen LogP contribution in [0.4, 0.5) is 5.69 Å². The highest BCUT2D eigenvalue weighted by Crippen LogP contribution is 2.17. The maximum absolute atomic E-state index is 11.9. The van der Waals surface area contributed by atoms with Crippen LogP contribution in [0.3, 0.4) is 0 Å². The number of benzene rings is 1. The third-order valence-electron chi connectivity index (χ3n) is 2.84. The van der Waals surface area contributed by atoms with E-state index in [9.17, 15) is 9.59 Å². The van der Waals surface area contributed by atoms with Gasteiger partial charge >= 0.3 is 0 Å². The molecule has 0 bridgehead atoms. The highest BCUT2D eigenvalue weighted by Gasteiger charge is 2.12. The fourth-order valence-corrected chi connectivity index (χ4v) is 1.64. The summed E-state index contributed by atoms with van der Waals surface area (Å²) in [6.07, 6.45) is 1.27. The molecule has 0 radical (unpaired) electrons. The number of hydrogen-bond donors (Lipinski definition) is 2. The summed E-state index contributed by atoms with van der Waals surface area (Å²) in [7, 11) is 1.71. The summed E-state index contributed by atoms with van der Waals surface area (Å²) in [4.78, 5) is 28.6. The van der Waals surface area contributed by atoms with Gasteiger partial charge in [0.1, 0.15) is 6.33 Å². The van der Waals surface area contributed by atoms with Gasteiger partial charge in [0, 0.05) is 26.2 Å². The second-order valence-corrected chi connectivity index (χ2v) is 4.32. The zero-order valence-corrected chi connectivity index (χ0v) is 11.3. The van der Waals surface area contributed by atoms with Crippen molar-refractivity contribution in [3.63, 3.8) is 0 Å². The second kappa shape index (κ2) is 5.96. The standard InChI is InChI=1S/C13H15N5O2/c1-9(19)18(2)7-10-5-3-4-6-11(10)16-13(20)12-14-8-15-17-12/h3-6,8H,7H2,1-2H3,(H,16,20)(H,14,15,17). The Morgan fingerprint density at radius 1 is 1.35 bits per heavy atom. The molecule has 104 valence electrons. The lowest BCUT2D eigenvalue weighted by Gasteiger charge is -2.17. The fourth-order valence-electron chi connectivity index (χ4n) is 1.64. The van der Waals surface area contributed by atoms with Gasteiger partial charge < -0.3 is 10.2 Å². The molecule has 0 fully saturated rings. The molecule has 7 heteroatoms. The van der Waals surface area contributed by atoms with E-state index in [1.165, 1.54) is 13.3 Å². The minimum absolute atomic E-state index is 0.0404. The van der Waals surface area contributed by atoms with E-state index in [1.807, 2.05) is 18.2 Å². The van der Waals surface area contributed by atoms with Gasteiger partial charge in [0.15, 0.2) is 0 Å². The molecule has 0 aliphatic carbocycles. The minimum atomic E-state index is -0.375. The largest absolute Gasteiger partial charge is 0.342 e. The second-order valence-electron chi connectivity index (χ2n) is 4.32. The molecule has 1 heterocycles. The van der Waals surface area contributed by atoms with E-state index in [1.54, 1.807) is 18.0 Å². The summed E-state index contributed by atoms with van der Waals surface area (Å²) in [5, 5.41) is 8.87. The van der Waals surface area contributed by atoms with Gasteiger partial charge in [-0.1, -0.05) is 18.2 Å². The molecule has 0 aliphatic rings. The number of anilines is 1. The van der Waals surface area contributed by atoms with Crippen LogP contribution in [0, 0.1) is 0 Å². The molecule has 20 heavy (non-hydrogen) atoms. The van der Waals surface area contributed by atoms with Crippen molar-refractivity contribution in [3.05, 3.63) is 42.0 Å². The van der Waals surface area contributed by atoms with E-state index < -0.39 is 0 Å². The van der Waals surface area contributed by atoms with Crippen molar-refractivity contribution < 1.29 is 9.59 Å². The monoisotopic (exact) mass is 273 g/mol. The van der Waals surface area contributed by atoms with Gasteiger partial charge in [-0.25, -0.2) is 4.98 Å². The number of carbonyl (C=O) groups is 2. The lowest BCUT2D eigenvalue weighted by atomic mass is 10.1. The van der Waals surface area contributed by atoms with E-state index in [4.69, 9.17) is 0 Å². The smallest absolute Gasteiger partial charge is 0.292 e. The Kier molecular flexibility index (Phi) is 4.09. The van der Waals surface area contributed by atoms with Gasteiger partial charge in [0.25, 0.3) is 5.91 Å². The van der Waals surface area contributed by atoms with Crippen LogP contribution in [-0.4, -0.2) is 38.9 Å². The molecule has 2 rings (SSSR count). The molecular formula is C13H15N5O2. The minimum Gasteiger partial charge on any atom is -0.342 e. The normalized spacial score (nSPS) is 10.1.